The molecule has 1 aliphatic carbocycles. The van der Waals surface area contributed by atoms with E-state index in [2.05, 4.69) is 18.2 Å². The van der Waals surface area contributed by atoms with E-state index in [-0.39, 0.29) is 17.7 Å². The Kier molecular flexibility index (Phi) is 3.30. The van der Waals surface area contributed by atoms with Gasteiger partial charge in [-0.1, -0.05) is 12.2 Å². The van der Waals surface area contributed by atoms with Gasteiger partial charge >= 0.3 is 5.63 Å². The Bertz CT molecular complexity index is 737. The topological polar surface area (TPSA) is 89.2 Å². The quantitative estimate of drug-likeness (QED) is 0.800. The maximum Gasteiger partial charge on any atom is 0.343 e. The Morgan fingerprint density at radius 1 is 1.48 bits per heavy atom. The highest BCUT2D eigenvalue weighted by Gasteiger charge is 2.37. The second kappa shape index (κ2) is 5.13. The average Bonchev–Trinajstić information content (AvgIpc) is 2.46. The molecule has 0 aromatic carbocycles. The summed E-state index contributed by atoms with van der Waals surface area (Å²) in [6.45, 7) is 1.68. The van der Waals surface area contributed by atoms with Gasteiger partial charge in [0, 0.05) is 12.0 Å². The summed E-state index contributed by atoms with van der Waals surface area (Å²) in [4.78, 5) is 12.3. The number of hydrogen-bond donors (Lipinski definition) is 1. The zero-order chi connectivity index (χ0) is 15.0. The van der Waals surface area contributed by atoms with Crippen molar-refractivity contribution in [3.8, 4) is 11.8 Å². The monoisotopic (exact) mass is 284 g/mol. The fourth-order valence-corrected chi connectivity index (χ4v) is 3.10. The number of aryl methyl sites for hydroxylation is 1. The van der Waals surface area contributed by atoms with Crippen LogP contribution in [-0.2, 0) is 0 Å². The molecule has 0 fully saturated rings. The van der Waals surface area contributed by atoms with E-state index in [0.717, 1.165) is 19.3 Å². The molecule has 2 atom stereocenters. The Hall–Kier alpha value is -2.48. The first-order valence-corrected chi connectivity index (χ1v) is 7.00. The summed E-state index contributed by atoms with van der Waals surface area (Å²) in [5, 5.41) is 9.41. The van der Waals surface area contributed by atoms with E-state index in [1.807, 2.05) is 0 Å². The molecule has 1 aromatic heterocycles. The van der Waals surface area contributed by atoms with E-state index < -0.39 is 5.63 Å². The fraction of sp³-hybridized carbons (Fsp3) is 0.375. The molecule has 1 aromatic rings. The molecular weight excluding hydrogens is 268 g/mol. The van der Waals surface area contributed by atoms with Crippen LogP contribution in [0.5, 0.6) is 5.75 Å². The normalized spacial score (nSPS) is 24.2. The third kappa shape index (κ3) is 2.23. The lowest BCUT2D eigenvalue weighted by Gasteiger charge is -2.30. The second-order valence-corrected chi connectivity index (χ2v) is 5.41. The zero-order valence-corrected chi connectivity index (χ0v) is 11.8. The van der Waals surface area contributed by atoms with Crippen LogP contribution in [0.15, 0.2) is 38.9 Å². The smallest absolute Gasteiger partial charge is 0.343 e. The highest BCUT2D eigenvalue weighted by atomic mass is 16.5. The maximum atomic E-state index is 12.3. The lowest BCUT2D eigenvalue weighted by molar-refractivity contribution is 0.344. The summed E-state index contributed by atoms with van der Waals surface area (Å²) < 4.78 is 10.7. The first-order chi connectivity index (χ1) is 10.1. The summed E-state index contributed by atoms with van der Waals surface area (Å²) in [5.74, 6) is 0.639. The fourth-order valence-electron chi connectivity index (χ4n) is 3.10. The van der Waals surface area contributed by atoms with Crippen molar-refractivity contribution in [2.75, 3.05) is 0 Å². The number of rotatable bonds is 1. The number of nitriles is 1. The van der Waals surface area contributed by atoms with Gasteiger partial charge in [0.1, 0.15) is 17.6 Å². The third-order valence-corrected chi connectivity index (χ3v) is 4.02. The molecule has 1 aliphatic heterocycles. The lowest BCUT2D eigenvalue weighted by atomic mass is 9.76. The van der Waals surface area contributed by atoms with Crippen LogP contribution in [0.1, 0.15) is 36.5 Å². The molecule has 0 amide bonds. The molecule has 108 valence electrons. The number of ether oxygens (including phenoxy) is 1. The van der Waals surface area contributed by atoms with E-state index in [9.17, 15) is 10.1 Å². The molecule has 3 rings (SSSR count). The van der Waals surface area contributed by atoms with Crippen LogP contribution in [0.3, 0.4) is 0 Å². The highest BCUT2D eigenvalue weighted by molar-refractivity contribution is 5.49. The van der Waals surface area contributed by atoms with E-state index >= 15 is 0 Å². The van der Waals surface area contributed by atoms with E-state index in [4.69, 9.17) is 14.9 Å². The molecule has 2 heterocycles. The lowest BCUT2D eigenvalue weighted by Crippen LogP contribution is -2.29. The first kappa shape index (κ1) is 13.5. The van der Waals surface area contributed by atoms with Crippen LogP contribution in [0, 0.1) is 24.2 Å². The Balaban J connectivity index is 2.20. The molecule has 0 spiro atoms. The number of fused-ring (bicyclic) bond motifs is 1. The molecular formula is C16H16N2O3. The zero-order valence-electron chi connectivity index (χ0n) is 11.8. The predicted octanol–water partition coefficient (Wildman–Crippen LogP) is 2.47. The number of hydrogen-bond acceptors (Lipinski definition) is 5. The molecule has 0 saturated carbocycles. The van der Waals surface area contributed by atoms with Crippen molar-refractivity contribution >= 4 is 0 Å². The Labute approximate surface area is 122 Å². The minimum absolute atomic E-state index is 0.0696. The number of nitrogens with two attached hydrogens (primary N) is 1. The first-order valence-electron chi connectivity index (χ1n) is 7.00. The Morgan fingerprint density at radius 3 is 2.95 bits per heavy atom. The molecule has 0 radical (unpaired) electrons. The van der Waals surface area contributed by atoms with Crippen molar-refractivity contribution in [3.63, 3.8) is 0 Å². The number of allylic oxidation sites excluding steroid dienone is 3. The van der Waals surface area contributed by atoms with Crippen molar-refractivity contribution in [3.05, 3.63) is 51.4 Å². The molecule has 2 aliphatic rings. The minimum Gasteiger partial charge on any atom is -0.440 e. The van der Waals surface area contributed by atoms with Crippen LogP contribution < -0.4 is 16.1 Å². The van der Waals surface area contributed by atoms with Gasteiger partial charge in [-0.15, -0.1) is 0 Å². The van der Waals surface area contributed by atoms with E-state index in [1.54, 1.807) is 13.0 Å². The predicted molar refractivity (Wildman–Crippen MR) is 76.4 cm³/mol. The summed E-state index contributed by atoms with van der Waals surface area (Å²) in [6, 6.07) is 3.75. The van der Waals surface area contributed by atoms with Crippen LogP contribution >= 0.6 is 0 Å². The molecule has 5 nitrogen and oxygen atoms in total. The summed E-state index contributed by atoms with van der Waals surface area (Å²) in [5.41, 5.74) is 6.15. The largest absolute Gasteiger partial charge is 0.440 e. The standard InChI is InChI=1S/C16H16N2O3/c1-9-7-12-14(16(19)20-9)13(10-5-3-2-4-6-10)11(8-17)15(18)21-12/h3,5,7,10,13H,2,4,6,18H2,1H3/t10-,13+/m0/s1. The van der Waals surface area contributed by atoms with Crippen LogP contribution in [-0.4, -0.2) is 0 Å². The minimum atomic E-state index is -0.450. The van der Waals surface area contributed by atoms with E-state index in [1.165, 1.54) is 0 Å². The van der Waals surface area contributed by atoms with Crippen LogP contribution in [0.25, 0.3) is 0 Å². The van der Waals surface area contributed by atoms with Gasteiger partial charge in [-0.2, -0.15) is 5.26 Å². The van der Waals surface area contributed by atoms with Gasteiger partial charge in [-0.25, -0.2) is 4.79 Å². The van der Waals surface area contributed by atoms with Crippen LogP contribution in [0.4, 0.5) is 0 Å². The summed E-state index contributed by atoms with van der Waals surface area (Å²) in [6.07, 6.45) is 7.11. The van der Waals surface area contributed by atoms with Crippen molar-refractivity contribution in [1.29, 1.82) is 5.26 Å². The van der Waals surface area contributed by atoms with Gasteiger partial charge in [0.2, 0.25) is 5.88 Å². The molecule has 5 heteroatoms. The van der Waals surface area contributed by atoms with Crippen LogP contribution in [0.2, 0.25) is 0 Å². The molecule has 21 heavy (non-hydrogen) atoms. The van der Waals surface area contributed by atoms with Gasteiger partial charge in [-0.3, -0.25) is 0 Å². The number of nitrogens with zero attached hydrogens (tertiary/aromatic N) is 1. The van der Waals surface area contributed by atoms with Crippen molar-refractivity contribution in [2.45, 2.75) is 32.1 Å². The van der Waals surface area contributed by atoms with Crippen molar-refractivity contribution < 1.29 is 9.15 Å². The van der Waals surface area contributed by atoms with Gasteiger partial charge in [0.15, 0.2) is 0 Å². The molecule has 0 bridgehead atoms. The highest BCUT2D eigenvalue weighted by Crippen LogP contribution is 2.43. The second-order valence-electron chi connectivity index (χ2n) is 5.41. The van der Waals surface area contributed by atoms with E-state index in [0.29, 0.717) is 22.6 Å². The SMILES string of the molecule is Cc1cc2c(c(=O)o1)[C@H]([C@H]1C=CCCC1)C(C#N)=C(N)O2. The average molecular weight is 284 g/mol. The summed E-state index contributed by atoms with van der Waals surface area (Å²) >= 11 is 0. The van der Waals surface area contributed by atoms with Gasteiger partial charge in [0.05, 0.1) is 11.1 Å². The molecule has 2 N–H and O–H groups in total. The van der Waals surface area contributed by atoms with Gasteiger partial charge < -0.3 is 14.9 Å². The maximum absolute atomic E-state index is 12.3. The molecule has 0 saturated heterocycles. The Morgan fingerprint density at radius 2 is 2.29 bits per heavy atom. The van der Waals surface area contributed by atoms with Crippen molar-refractivity contribution in [1.82, 2.24) is 0 Å². The van der Waals surface area contributed by atoms with Gasteiger partial charge in [-0.05, 0) is 32.1 Å². The van der Waals surface area contributed by atoms with Crippen molar-refractivity contribution in [2.24, 2.45) is 11.7 Å². The third-order valence-electron chi connectivity index (χ3n) is 4.02. The molecule has 0 unspecified atom stereocenters. The summed E-state index contributed by atoms with van der Waals surface area (Å²) in [7, 11) is 0. The van der Waals surface area contributed by atoms with Gasteiger partial charge in [0.25, 0.3) is 0 Å².